The van der Waals surface area contributed by atoms with Gasteiger partial charge in [0.2, 0.25) is 0 Å². The molecule has 0 radical (unpaired) electrons. The molecule has 0 saturated heterocycles. The summed E-state index contributed by atoms with van der Waals surface area (Å²) in [5.74, 6) is 0.0874. The number of hydrogen-bond donors (Lipinski definition) is 0. The Kier molecular flexibility index (Phi) is 3.15. The zero-order valence-corrected chi connectivity index (χ0v) is 11.5. The van der Waals surface area contributed by atoms with Crippen molar-refractivity contribution in [2.75, 3.05) is 6.54 Å². The molecule has 0 N–H and O–H groups in total. The molecule has 0 saturated carbocycles. The molecule has 1 amide bonds. The zero-order valence-electron chi connectivity index (χ0n) is 11.5. The molecule has 100 valence electrons. The summed E-state index contributed by atoms with van der Waals surface area (Å²) in [6.45, 7) is 6.78. The van der Waals surface area contributed by atoms with Gasteiger partial charge in [-0.2, -0.15) is 0 Å². The smallest absolute Gasteiger partial charge is 0.255 e. The molecule has 2 nitrogen and oxygen atoms in total. The Labute approximate surface area is 119 Å². The Bertz CT molecular complexity index is 660. The molecule has 2 heteroatoms. The molecule has 0 bridgehead atoms. The summed E-state index contributed by atoms with van der Waals surface area (Å²) in [6.07, 6.45) is 0. The lowest BCUT2D eigenvalue weighted by Gasteiger charge is -2.35. The average molecular weight is 263 g/mol. The van der Waals surface area contributed by atoms with Gasteiger partial charge in [0.15, 0.2) is 0 Å². The second kappa shape index (κ2) is 4.97. The van der Waals surface area contributed by atoms with E-state index in [1.807, 2.05) is 47.4 Å². The molecule has 2 aromatic rings. The fourth-order valence-electron chi connectivity index (χ4n) is 2.72. The van der Waals surface area contributed by atoms with Crippen molar-refractivity contribution in [1.29, 1.82) is 0 Å². The molecule has 1 atom stereocenters. The first-order valence-corrected chi connectivity index (χ1v) is 6.81. The third-order valence-corrected chi connectivity index (χ3v) is 3.91. The van der Waals surface area contributed by atoms with Crippen LogP contribution >= 0.6 is 0 Å². The van der Waals surface area contributed by atoms with Gasteiger partial charge in [-0.05, 0) is 29.7 Å². The van der Waals surface area contributed by atoms with Gasteiger partial charge in [-0.3, -0.25) is 4.79 Å². The quantitative estimate of drug-likeness (QED) is 0.804. The van der Waals surface area contributed by atoms with E-state index in [-0.39, 0.29) is 11.9 Å². The molecule has 3 rings (SSSR count). The van der Waals surface area contributed by atoms with Crippen molar-refractivity contribution in [2.45, 2.75) is 13.0 Å². The van der Waals surface area contributed by atoms with Gasteiger partial charge in [-0.15, -0.1) is 0 Å². The van der Waals surface area contributed by atoms with E-state index in [4.69, 9.17) is 0 Å². The van der Waals surface area contributed by atoms with Gasteiger partial charge in [0.05, 0.1) is 6.04 Å². The van der Waals surface area contributed by atoms with E-state index in [0.717, 1.165) is 22.3 Å². The van der Waals surface area contributed by atoms with Crippen LogP contribution in [0.2, 0.25) is 0 Å². The van der Waals surface area contributed by atoms with Gasteiger partial charge in [0.25, 0.3) is 5.91 Å². The van der Waals surface area contributed by atoms with Crippen LogP contribution in [0.5, 0.6) is 0 Å². The summed E-state index contributed by atoms with van der Waals surface area (Å²) < 4.78 is 0. The van der Waals surface area contributed by atoms with E-state index in [1.165, 1.54) is 0 Å². The monoisotopic (exact) mass is 263 g/mol. The molecule has 0 fully saturated rings. The van der Waals surface area contributed by atoms with Crippen LogP contribution < -0.4 is 0 Å². The number of fused-ring (bicyclic) bond motifs is 1. The Morgan fingerprint density at radius 1 is 1.00 bits per heavy atom. The first-order chi connectivity index (χ1) is 9.68. The Morgan fingerprint density at radius 3 is 2.30 bits per heavy atom. The highest BCUT2D eigenvalue weighted by Crippen LogP contribution is 2.31. The maximum absolute atomic E-state index is 12.7. The van der Waals surface area contributed by atoms with Crippen LogP contribution in [-0.4, -0.2) is 17.4 Å². The highest BCUT2D eigenvalue weighted by Gasteiger charge is 2.29. The van der Waals surface area contributed by atoms with E-state index < -0.39 is 0 Å². The largest absolute Gasteiger partial charge is 0.328 e. The van der Waals surface area contributed by atoms with Crippen LogP contribution in [0.1, 0.15) is 34.5 Å². The molecule has 0 spiro atoms. The Morgan fingerprint density at radius 2 is 1.60 bits per heavy atom. The lowest BCUT2D eigenvalue weighted by atomic mass is 9.93. The van der Waals surface area contributed by atoms with Gasteiger partial charge < -0.3 is 4.90 Å². The summed E-state index contributed by atoms with van der Waals surface area (Å²) in [6, 6.07) is 17.9. The van der Waals surface area contributed by atoms with Crippen LogP contribution in [0.3, 0.4) is 0 Å². The standard InChI is InChI=1S/C18H17NO/c1-13-12-19(14(2)15-8-4-3-5-9-15)18(20)17-11-7-6-10-16(13)17/h3-11,14H,1,12H2,2H3. The van der Waals surface area contributed by atoms with E-state index >= 15 is 0 Å². The molecule has 1 heterocycles. The number of rotatable bonds is 2. The Balaban J connectivity index is 1.98. The maximum Gasteiger partial charge on any atom is 0.255 e. The van der Waals surface area contributed by atoms with Crippen molar-refractivity contribution in [3.05, 3.63) is 77.9 Å². The summed E-state index contributed by atoms with van der Waals surface area (Å²) in [4.78, 5) is 14.6. The third-order valence-electron chi connectivity index (χ3n) is 3.91. The van der Waals surface area contributed by atoms with Crippen molar-refractivity contribution in [1.82, 2.24) is 4.90 Å². The topological polar surface area (TPSA) is 20.3 Å². The van der Waals surface area contributed by atoms with Crippen LogP contribution in [0.15, 0.2) is 61.2 Å². The fourth-order valence-corrected chi connectivity index (χ4v) is 2.72. The second-order valence-corrected chi connectivity index (χ2v) is 5.17. The van der Waals surface area contributed by atoms with Crippen molar-refractivity contribution >= 4 is 11.5 Å². The van der Waals surface area contributed by atoms with Gasteiger partial charge in [-0.25, -0.2) is 0 Å². The minimum Gasteiger partial charge on any atom is -0.328 e. The minimum atomic E-state index is 0.0498. The summed E-state index contributed by atoms with van der Waals surface area (Å²) in [5.41, 5.74) is 3.89. The summed E-state index contributed by atoms with van der Waals surface area (Å²) in [5, 5.41) is 0. The molecule has 2 aromatic carbocycles. The number of amides is 1. The van der Waals surface area contributed by atoms with Gasteiger partial charge >= 0.3 is 0 Å². The first-order valence-electron chi connectivity index (χ1n) is 6.81. The van der Waals surface area contributed by atoms with Crippen LogP contribution in [0, 0.1) is 0 Å². The summed E-state index contributed by atoms with van der Waals surface area (Å²) >= 11 is 0. The van der Waals surface area contributed by atoms with Crippen molar-refractivity contribution in [3.63, 3.8) is 0 Å². The molecule has 20 heavy (non-hydrogen) atoms. The molecule has 1 aliphatic heterocycles. The number of nitrogens with zero attached hydrogens (tertiary/aromatic N) is 1. The van der Waals surface area contributed by atoms with Crippen LogP contribution in [0.4, 0.5) is 0 Å². The SMILES string of the molecule is C=C1CN(C(C)c2ccccc2)C(=O)c2ccccc21. The molecule has 0 aliphatic carbocycles. The molecular weight excluding hydrogens is 246 g/mol. The fraction of sp³-hybridized carbons (Fsp3) is 0.167. The zero-order chi connectivity index (χ0) is 14.1. The van der Waals surface area contributed by atoms with Crippen molar-refractivity contribution in [2.24, 2.45) is 0 Å². The summed E-state index contributed by atoms with van der Waals surface area (Å²) in [7, 11) is 0. The van der Waals surface area contributed by atoms with E-state index in [9.17, 15) is 4.79 Å². The second-order valence-electron chi connectivity index (χ2n) is 5.17. The lowest BCUT2D eigenvalue weighted by Crippen LogP contribution is -2.38. The van der Waals surface area contributed by atoms with Crippen molar-refractivity contribution in [3.8, 4) is 0 Å². The molecule has 1 unspecified atom stereocenters. The lowest BCUT2D eigenvalue weighted by molar-refractivity contribution is 0.0709. The first kappa shape index (κ1) is 12.7. The third kappa shape index (κ3) is 2.03. The maximum atomic E-state index is 12.7. The normalized spacial score (nSPS) is 15.9. The number of carbonyl (C=O) groups is 1. The van der Waals surface area contributed by atoms with Crippen LogP contribution in [-0.2, 0) is 0 Å². The average Bonchev–Trinajstić information content (AvgIpc) is 2.51. The number of benzene rings is 2. The number of carbonyl (C=O) groups excluding carboxylic acids is 1. The van der Waals surface area contributed by atoms with Crippen LogP contribution in [0.25, 0.3) is 5.57 Å². The molecule has 0 aromatic heterocycles. The van der Waals surface area contributed by atoms with E-state index in [1.54, 1.807) is 0 Å². The predicted octanol–water partition coefficient (Wildman–Crippen LogP) is 3.92. The number of hydrogen-bond acceptors (Lipinski definition) is 1. The predicted molar refractivity (Wildman–Crippen MR) is 81.4 cm³/mol. The van der Waals surface area contributed by atoms with Crippen molar-refractivity contribution < 1.29 is 4.79 Å². The van der Waals surface area contributed by atoms with Gasteiger partial charge in [-0.1, -0.05) is 55.1 Å². The van der Waals surface area contributed by atoms with Gasteiger partial charge in [0, 0.05) is 12.1 Å². The highest BCUT2D eigenvalue weighted by atomic mass is 16.2. The minimum absolute atomic E-state index is 0.0498. The van der Waals surface area contributed by atoms with E-state index in [2.05, 4.69) is 25.6 Å². The van der Waals surface area contributed by atoms with E-state index in [0.29, 0.717) is 6.54 Å². The molecular formula is C18H17NO. The Hall–Kier alpha value is -2.35. The highest BCUT2D eigenvalue weighted by molar-refractivity contribution is 6.02. The molecule has 1 aliphatic rings. The van der Waals surface area contributed by atoms with Gasteiger partial charge in [0.1, 0.15) is 0 Å².